The highest BCUT2D eigenvalue weighted by molar-refractivity contribution is 5.99. The highest BCUT2D eigenvalue weighted by Crippen LogP contribution is 2.39. The lowest BCUT2D eigenvalue weighted by Gasteiger charge is -2.34. The summed E-state index contributed by atoms with van der Waals surface area (Å²) in [7, 11) is 1.93. The predicted molar refractivity (Wildman–Crippen MR) is 77.0 cm³/mol. The van der Waals surface area contributed by atoms with Crippen LogP contribution in [0.4, 0.5) is 0 Å². The number of hydroxylamine groups is 1. The smallest absolute Gasteiger partial charge is 0.224 e. The van der Waals surface area contributed by atoms with E-state index in [0.29, 0.717) is 12.1 Å². The van der Waals surface area contributed by atoms with E-state index in [-0.39, 0.29) is 0 Å². The molecule has 0 aromatic rings. The third-order valence-corrected chi connectivity index (χ3v) is 4.80. The van der Waals surface area contributed by atoms with Gasteiger partial charge < -0.3 is 10.3 Å². The number of nitrogens with zero attached hydrogens (tertiary/aromatic N) is 2. The topological polar surface area (TPSA) is 49.5 Å². The predicted octanol–water partition coefficient (Wildman–Crippen LogP) is 2.04. The lowest BCUT2D eigenvalue weighted by molar-refractivity contribution is -0.559. The fourth-order valence-electron chi connectivity index (χ4n) is 3.25. The van der Waals surface area contributed by atoms with Crippen LogP contribution in [-0.2, 0) is 0 Å². The molecule has 19 heavy (non-hydrogen) atoms. The molecule has 1 unspecified atom stereocenters. The van der Waals surface area contributed by atoms with Crippen LogP contribution >= 0.6 is 0 Å². The zero-order chi connectivity index (χ0) is 14.6. The molecule has 1 heterocycles. The van der Waals surface area contributed by atoms with Crippen LogP contribution in [0.5, 0.6) is 0 Å². The first kappa shape index (κ1) is 14.3. The van der Waals surface area contributed by atoms with E-state index in [1.54, 1.807) is 6.92 Å². The highest BCUT2D eigenvalue weighted by Gasteiger charge is 2.60. The Bertz CT molecular complexity index is 496. The van der Waals surface area contributed by atoms with Gasteiger partial charge in [-0.25, -0.2) is 4.90 Å². The van der Waals surface area contributed by atoms with Crippen LogP contribution in [0.3, 0.4) is 0 Å². The summed E-state index contributed by atoms with van der Waals surface area (Å²) < 4.78 is 0.978. The summed E-state index contributed by atoms with van der Waals surface area (Å²) in [5.74, 6) is 0. The second kappa shape index (κ2) is 3.93. The van der Waals surface area contributed by atoms with Gasteiger partial charge in [0, 0.05) is 13.8 Å². The first-order valence-electron chi connectivity index (χ1n) is 6.71. The van der Waals surface area contributed by atoms with Gasteiger partial charge in [0.2, 0.25) is 11.4 Å². The molecule has 106 valence electrons. The van der Waals surface area contributed by atoms with E-state index in [0.717, 1.165) is 10.3 Å². The number of rotatable bonds is 2. The minimum Gasteiger partial charge on any atom is -0.622 e. The standard InChI is InChI=1S/C15H24N2O2/c1-13(2)12(17(19)14(3,4)16(13)6)15(5,18)11-9-7-8-10-11/h7-9,18H,10H2,1-6H3. The van der Waals surface area contributed by atoms with Crippen molar-refractivity contribution >= 4 is 5.71 Å². The van der Waals surface area contributed by atoms with Crippen LogP contribution in [0.1, 0.15) is 41.0 Å². The Labute approximate surface area is 115 Å². The monoisotopic (exact) mass is 264 g/mol. The lowest BCUT2D eigenvalue weighted by Crippen LogP contribution is -2.55. The second-order valence-corrected chi connectivity index (χ2v) is 6.65. The number of aliphatic hydroxyl groups is 1. The van der Waals surface area contributed by atoms with Gasteiger partial charge in [0.1, 0.15) is 5.54 Å². The van der Waals surface area contributed by atoms with E-state index in [2.05, 4.69) is 0 Å². The molecule has 4 heteroatoms. The summed E-state index contributed by atoms with van der Waals surface area (Å²) >= 11 is 0. The maximum Gasteiger partial charge on any atom is 0.224 e. The molecule has 1 aliphatic heterocycles. The third kappa shape index (κ3) is 1.77. The molecular weight excluding hydrogens is 240 g/mol. The van der Waals surface area contributed by atoms with Gasteiger partial charge in [0.25, 0.3) is 0 Å². The Kier molecular flexibility index (Phi) is 2.96. The van der Waals surface area contributed by atoms with Crippen molar-refractivity contribution < 1.29 is 9.85 Å². The van der Waals surface area contributed by atoms with Gasteiger partial charge in [0.15, 0.2) is 5.60 Å². The summed E-state index contributed by atoms with van der Waals surface area (Å²) in [4.78, 5) is 2.01. The van der Waals surface area contributed by atoms with Crippen molar-refractivity contribution in [3.8, 4) is 0 Å². The van der Waals surface area contributed by atoms with Crippen LogP contribution in [0.15, 0.2) is 23.8 Å². The number of hydrogen-bond acceptors (Lipinski definition) is 3. The Morgan fingerprint density at radius 2 is 1.95 bits per heavy atom. The Morgan fingerprint density at radius 1 is 1.37 bits per heavy atom. The van der Waals surface area contributed by atoms with Crippen molar-refractivity contribution in [2.45, 2.75) is 57.8 Å². The normalized spacial score (nSPS) is 28.7. The van der Waals surface area contributed by atoms with Crippen LogP contribution in [-0.4, -0.2) is 44.3 Å². The molecule has 2 rings (SSSR count). The highest BCUT2D eigenvalue weighted by atomic mass is 16.5. The molecule has 1 atom stereocenters. The van der Waals surface area contributed by atoms with Crippen molar-refractivity contribution in [2.24, 2.45) is 0 Å². The molecule has 0 aromatic heterocycles. The van der Waals surface area contributed by atoms with Gasteiger partial charge in [-0.3, -0.25) is 0 Å². The van der Waals surface area contributed by atoms with Gasteiger partial charge in [-0.15, -0.1) is 0 Å². The molecule has 0 fully saturated rings. The molecule has 0 saturated carbocycles. The molecule has 0 aromatic carbocycles. The molecule has 4 nitrogen and oxygen atoms in total. The number of hydrogen-bond donors (Lipinski definition) is 1. The summed E-state index contributed by atoms with van der Waals surface area (Å²) in [6.07, 6.45) is 6.53. The molecule has 0 radical (unpaired) electrons. The van der Waals surface area contributed by atoms with E-state index >= 15 is 0 Å². The van der Waals surface area contributed by atoms with Crippen LogP contribution < -0.4 is 0 Å². The molecule has 0 amide bonds. The van der Waals surface area contributed by atoms with Crippen molar-refractivity contribution in [3.05, 3.63) is 29.0 Å². The van der Waals surface area contributed by atoms with Crippen LogP contribution in [0.25, 0.3) is 0 Å². The van der Waals surface area contributed by atoms with Crippen molar-refractivity contribution in [2.75, 3.05) is 7.05 Å². The van der Waals surface area contributed by atoms with E-state index < -0.39 is 16.8 Å². The summed E-state index contributed by atoms with van der Waals surface area (Å²) in [6, 6.07) is 0. The molecule has 0 bridgehead atoms. The van der Waals surface area contributed by atoms with Gasteiger partial charge in [-0.1, -0.05) is 18.2 Å². The first-order chi connectivity index (χ1) is 8.54. The van der Waals surface area contributed by atoms with E-state index in [4.69, 9.17) is 0 Å². The minimum atomic E-state index is -1.21. The average molecular weight is 264 g/mol. The quantitative estimate of drug-likeness (QED) is 0.613. The van der Waals surface area contributed by atoms with Gasteiger partial charge in [-0.05, 0) is 39.8 Å². The van der Waals surface area contributed by atoms with E-state index in [9.17, 15) is 10.3 Å². The molecule has 1 aliphatic carbocycles. The zero-order valence-electron chi connectivity index (χ0n) is 12.7. The van der Waals surface area contributed by atoms with E-state index in [1.807, 2.05) is 57.9 Å². The molecule has 0 spiro atoms. The lowest BCUT2D eigenvalue weighted by atomic mass is 9.80. The fraction of sp³-hybridized carbons (Fsp3) is 0.667. The Balaban J connectivity index is 2.57. The minimum absolute atomic E-state index is 0.488. The molecule has 2 aliphatic rings. The van der Waals surface area contributed by atoms with Crippen LogP contribution in [0, 0.1) is 5.21 Å². The van der Waals surface area contributed by atoms with Gasteiger partial charge >= 0.3 is 0 Å². The Morgan fingerprint density at radius 3 is 2.32 bits per heavy atom. The maximum atomic E-state index is 12.7. The van der Waals surface area contributed by atoms with Crippen LogP contribution in [0.2, 0.25) is 0 Å². The zero-order valence-corrected chi connectivity index (χ0v) is 12.7. The van der Waals surface area contributed by atoms with Gasteiger partial charge in [-0.2, -0.15) is 4.74 Å². The summed E-state index contributed by atoms with van der Waals surface area (Å²) in [5, 5.41) is 23.6. The maximum absolute atomic E-state index is 12.7. The SMILES string of the molecule is CN1C(C)(C)C(C(C)(O)C2=CC=CC2)=[N+]([O-])C1(C)C. The molecule has 1 N–H and O–H groups in total. The fourth-order valence-corrected chi connectivity index (χ4v) is 3.25. The molecule has 0 saturated heterocycles. The first-order valence-corrected chi connectivity index (χ1v) is 6.71. The van der Waals surface area contributed by atoms with E-state index in [1.165, 1.54) is 0 Å². The average Bonchev–Trinajstić information content (AvgIpc) is 2.84. The van der Waals surface area contributed by atoms with Crippen molar-refractivity contribution in [1.29, 1.82) is 0 Å². The number of allylic oxidation sites excluding steroid dienone is 3. The largest absolute Gasteiger partial charge is 0.622 e. The van der Waals surface area contributed by atoms with Crippen molar-refractivity contribution in [3.63, 3.8) is 0 Å². The Hall–Kier alpha value is -1.13. The summed E-state index contributed by atoms with van der Waals surface area (Å²) in [6.45, 7) is 9.46. The third-order valence-electron chi connectivity index (χ3n) is 4.80. The molecular formula is C15H24N2O2. The summed E-state index contributed by atoms with van der Waals surface area (Å²) in [5.41, 5.74) is -0.963. The van der Waals surface area contributed by atoms with Crippen molar-refractivity contribution in [1.82, 2.24) is 4.90 Å². The van der Waals surface area contributed by atoms with Gasteiger partial charge in [0.05, 0.1) is 0 Å². The second-order valence-electron chi connectivity index (χ2n) is 6.65.